The van der Waals surface area contributed by atoms with Crippen molar-refractivity contribution in [2.75, 3.05) is 4.90 Å². The molecule has 0 N–H and O–H groups in total. The van der Waals surface area contributed by atoms with Gasteiger partial charge in [-0.05, 0) is 118 Å². The third kappa shape index (κ3) is 4.78. The topological polar surface area (TPSA) is 3.24 Å². The smallest absolute Gasteiger partial charge is 0.0467 e. The fourth-order valence-electron chi connectivity index (χ4n) is 8.42. The predicted molar refractivity (Wildman–Crippen MR) is 201 cm³/mol. The summed E-state index contributed by atoms with van der Waals surface area (Å²) in [7, 11) is 0. The molecule has 7 aromatic carbocycles. The molecule has 0 unspecified atom stereocenters. The van der Waals surface area contributed by atoms with Crippen LogP contribution in [0.25, 0.3) is 33.4 Å². The van der Waals surface area contributed by atoms with Crippen LogP contribution in [0.4, 0.5) is 17.1 Å². The minimum absolute atomic E-state index is 0.0965. The summed E-state index contributed by atoms with van der Waals surface area (Å²) in [5.41, 5.74) is 17.2. The maximum atomic E-state index is 2.52. The SMILES string of the molecule is c1ccc(-c2cccc(N(c3ccccc3)c3ccc4c(c3)C3(CCc5ccccc5-c5ccccc5CC3)c3ccccc3-4)c2)cc1. The fourth-order valence-corrected chi connectivity index (χ4v) is 8.42. The van der Waals surface area contributed by atoms with E-state index < -0.39 is 0 Å². The highest BCUT2D eigenvalue weighted by atomic mass is 15.1. The molecule has 1 heteroatoms. The third-order valence-electron chi connectivity index (χ3n) is 10.7. The summed E-state index contributed by atoms with van der Waals surface area (Å²) in [5, 5.41) is 0. The Morgan fingerprint density at radius 2 is 0.875 bits per heavy atom. The molecule has 230 valence electrons. The first-order valence-electron chi connectivity index (χ1n) is 17.2. The third-order valence-corrected chi connectivity index (χ3v) is 10.7. The Morgan fingerprint density at radius 1 is 0.354 bits per heavy atom. The zero-order chi connectivity index (χ0) is 31.9. The molecule has 7 aromatic rings. The maximum Gasteiger partial charge on any atom is 0.0467 e. The molecule has 1 spiro atoms. The average molecular weight is 616 g/mol. The normalized spacial score (nSPS) is 14.1. The first kappa shape index (κ1) is 28.6. The van der Waals surface area contributed by atoms with Crippen LogP contribution in [0.5, 0.6) is 0 Å². The van der Waals surface area contributed by atoms with Gasteiger partial charge in [-0.1, -0.05) is 140 Å². The number of fused-ring (bicyclic) bond motifs is 8. The lowest BCUT2D eigenvalue weighted by Gasteiger charge is -2.34. The summed E-state index contributed by atoms with van der Waals surface area (Å²) in [5.74, 6) is 0. The second-order valence-corrected chi connectivity index (χ2v) is 13.3. The highest BCUT2D eigenvalue weighted by Crippen LogP contribution is 2.56. The van der Waals surface area contributed by atoms with E-state index >= 15 is 0 Å². The Bertz CT molecular complexity index is 2200. The van der Waals surface area contributed by atoms with Crippen LogP contribution in [-0.2, 0) is 18.3 Å². The van der Waals surface area contributed by atoms with Gasteiger partial charge in [-0.15, -0.1) is 0 Å². The largest absolute Gasteiger partial charge is 0.310 e. The molecule has 2 aliphatic rings. The number of nitrogens with zero attached hydrogens (tertiary/aromatic N) is 1. The van der Waals surface area contributed by atoms with Crippen LogP contribution in [0.15, 0.2) is 176 Å². The molecule has 0 fully saturated rings. The molecule has 0 bridgehead atoms. The van der Waals surface area contributed by atoms with Gasteiger partial charge in [0, 0.05) is 22.5 Å². The lowest BCUT2D eigenvalue weighted by atomic mass is 9.70. The number of aryl methyl sites for hydroxylation is 2. The molecule has 9 rings (SSSR count). The van der Waals surface area contributed by atoms with Crippen molar-refractivity contribution >= 4 is 17.1 Å². The minimum Gasteiger partial charge on any atom is -0.310 e. The average Bonchev–Trinajstić information content (AvgIpc) is 3.46. The van der Waals surface area contributed by atoms with Crippen LogP contribution in [0.3, 0.4) is 0 Å². The molecular formula is C47H37N. The van der Waals surface area contributed by atoms with Crippen LogP contribution < -0.4 is 4.90 Å². The Labute approximate surface area is 283 Å². The first-order valence-corrected chi connectivity index (χ1v) is 17.2. The molecular weight excluding hydrogens is 579 g/mol. The zero-order valence-electron chi connectivity index (χ0n) is 27.0. The lowest BCUT2D eigenvalue weighted by Crippen LogP contribution is -2.27. The Hall–Kier alpha value is -5.66. The predicted octanol–water partition coefficient (Wildman–Crippen LogP) is 12.3. The Kier molecular flexibility index (Phi) is 7.05. The van der Waals surface area contributed by atoms with E-state index in [2.05, 4.69) is 181 Å². The molecule has 0 amide bonds. The highest BCUT2D eigenvalue weighted by molar-refractivity contribution is 5.87. The van der Waals surface area contributed by atoms with E-state index in [1.165, 1.54) is 61.3 Å². The maximum absolute atomic E-state index is 2.52. The number of hydrogen-bond acceptors (Lipinski definition) is 1. The summed E-state index contributed by atoms with van der Waals surface area (Å²) < 4.78 is 0. The van der Waals surface area contributed by atoms with E-state index in [0.29, 0.717) is 0 Å². The highest BCUT2D eigenvalue weighted by Gasteiger charge is 2.43. The molecule has 0 radical (unpaired) electrons. The molecule has 0 saturated carbocycles. The van der Waals surface area contributed by atoms with Crippen molar-refractivity contribution in [1.29, 1.82) is 0 Å². The summed E-state index contributed by atoms with van der Waals surface area (Å²) in [6, 6.07) is 65.1. The van der Waals surface area contributed by atoms with Crippen LogP contribution in [-0.4, -0.2) is 0 Å². The van der Waals surface area contributed by atoms with Gasteiger partial charge in [0.2, 0.25) is 0 Å². The lowest BCUT2D eigenvalue weighted by molar-refractivity contribution is 0.448. The number of para-hydroxylation sites is 1. The molecule has 2 aliphatic carbocycles. The van der Waals surface area contributed by atoms with Crippen LogP contribution in [0.2, 0.25) is 0 Å². The van der Waals surface area contributed by atoms with Gasteiger partial charge >= 0.3 is 0 Å². The van der Waals surface area contributed by atoms with E-state index in [1.54, 1.807) is 0 Å². The number of rotatable bonds is 4. The van der Waals surface area contributed by atoms with E-state index in [0.717, 1.165) is 37.1 Å². The summed E-state index contributed by atoms with van der Waals surface area (Å²) in [6.07, 6.45) is 4.20. The summed E-state index contributed by atoms with van der Waals surface area (Å²) in [6.45, 7) is 0. The summed E-state index contributed by atoms with van der Waals surface area (Å²) >= 11 is 0. The van der Waals surface area contributed by atoms with Gasteiger partial charge in [0.05, 0.1) is 0 Å². The van der Waals surface area contributed by atoms with Gasteiger partial charge in [-0.25, -0.2) is 0 Å². The quantitative estimate of drug-likeness (QED) is 0.190. The van der Waals surface area contributed by atoms with Crippen LogP contribution >= 0.6 is 0 Å². The van der Waals surface area contributed by atoms with Gasteiger partial charge in [-0.2, -0.15) is 0 Å². The van der Waals surface area contributed by atoms with Crippen LogP contribution in [0.1, 0.15) is 35.1 Å². The second-order valence-electron chi connectivity index (χ2n) is 13.3. The number of benzene rings is 7. The minimum atomic E-state index is -0.0965. The summed E-state index contributed by atoms with van der Waals surface area (Å²) in [4.78, 5) is 2.43. The standard InChI is InChI=1S/C47H37N/c1-3-14-34(15-4-1)37-18-13-21-39(32-37)48(38-19-5-2-6-20-38)40-26-27-44-43-24-11-12-25-45(43)47(46(44)33-40)30-28-35-16-7-9-22-41(35)42-23-10-8-17-36(42)29-31-47/h1-27,32-33H,28-31H2. The van der Waals surface area contributed by atoms with Crippen molar-refractivity contribution in [3.63, 3.8) is 0 Å². The molecule has 0 saturated heterocycles. The van der Waals surface area contributed by atoms with Gasteiger partial charge in [0.25, 0.3) is 0 Å². The van der Waals surface area contributed by atoms with Gasteiger partial charge in [0.1, 0.15) is 0 Å². The van der Waals surface area contributed by atoms with Crippen molar-refractivity contribution < 1.29 is 0 Å². The number of anilines is 3. The van der Waals surface area contributed by atoms with Crippen molar-refractivity contribution in [3.05, 3.63) is 198 Å². The van der Waals surface area contributed by atoms with Crippen molar-refractivity contribution in [1.82, 2.24) is 0 Å². The molecule has 0 aromatic heterocycles. The number of hydrogen-bond donors (Lipinski definition) is 0. The molecule has 0 aliphatic heterocycles. The second kappa shape index (κ2) is 11.9. The fraction of sp³-hybridized carbons (Fsp3) is 0.106. The molecule has 0 heterocycles. The molecule has 48 heavy (non-hydrogen) atoms. The van der Waals surface area contributed by atoms with E-state index in [9.17, 15) is 0 Å². The monoisotopic (exact) mass is 615 g/mol. The van der Waals surface area contributed by atoms with Gasteiger partial charge in [0.15, 0.2) is 0 Å². The first-order chi connectivity index (χ1) is 23.8. The van der Waals surface area contributed by atoms with Crippen molar-refractivity contribution in [3.8, 4) is 33.4 Å². The van der Waals surface area contributed by atoms with E-state index in [1.807, 2.05) is 0 Å². The van der Waals surface area contributed by atoms with E-state index in [-0.39, 0.29) is 5.41 Å². The van der Waals surface area contributed by atoms with Gasteiger partial charge < -0.3 is 4.90 Å². The zero-order valence-corrected chi connectivity index (χ0v) is 27.0. The van der Waals surface area contributed by atoms with E-state index in [4.69, 9.17) is 0 Å². The van der Waals surface area contributed by atoms with Crippen molar-refractivity contribution in [2.24, 2.45) is 0 Å². The molecule has 0 atom stereocenters. The Balaban J connectivity index is 1.22. The van der Waals surface area contributed by atoms with Crippen LogP contribution in [0, 0.1) is 0 Å². The molecule has 1 nitrogen and oxygen atoms in total. The van der Waals surface area contributed by atoms with Crippen molar-refractivity contribution in [2.45, 2.75) is 31.1 Å². The van der Waals surface area contributed by atoms with Gasteiger partial charge in [-0.3, -0.25) is 0 Å². The Morgan fingerprint density at radius 3 is 1.58 bits per heavy atom.